The van der Waals surface area contributed by atoms with E-state index in [0.29, 0.717) is 0 Å². The standard InChI is InChI=1S/C18H21NO2.C9H11N/c1-20-16-10-9-15(18(12-16)21-2)13-19-11-5-7-14-6-3-4-8-17(14)19;1-2-6-9-8(4-1)5-3-7-10-9/h3-4,6,8-10,12H,5,7,11,13H2,1-2H3;1-2,4,6,10H,3,5,7H2. The van der Waals surface area contributed by atoms with Crippen LogP contribution in [0.25, 0.3) is 0 Å². The molecule has 0 saturated heterocycles. The zero-order chi connectivity index (χ0) is 21.5. The van der Waals surface area contributed by atoms with Crippen LogP contribution in [0.5, 0.6) is 11.5 Å². The lowest BCUT2D eigenvalue weighted by Gasteiger charge is -2.31. The Morgan fingerprint density at radius 1 is 0.839 bits per heavy atom. The smallest absolute Gasteiger partial charge is 0.127 e. The van der Waals surface area contributed by atoms with Gasteiger partial charge in [0.05, 0.1) is 14.2 Å². The molecule has 0 aromatic heterocycles. The number of fused-ring (bicyclic) bond motifs is 2. The zero-order valence-electron chi connectivity index (χ0n) is 18.6. The summed E-state index contributed by atoms with van der Waals surface area (Å²) in [5, 5.41) is 3.36. The van der Waals surface area contributed by atoms with Crippen LogP contribution in [0.4, 0.5) is 11.4 Å². The van der Waals surface area contributed by atoms with E-state index in [0.717, 1.165) is 31.1 Å². The molecule has 3 aromatic carbocycles. The first-order valence-electron chi connectivity index (χ1n) is 11.1. The Kier molecular flexibility index (Phi) is 6.98. The number of methoxy groups -OCH3 is 2. The van der Waals surface area contributed by atoms with Gasteiger partial charge in [-0.05, 0) is 61.1 Å². The quantitative estimate of drug-likeness (QED) is 0.591. The lowest BCUT2D eigenvalue weighted by molar-refractivity contribution is 0.390. The average Bonchev–Trinajstić information content (AvgIpc) is 2.85. The third-order valence-corrected chi connectivity index (χ3v) is 6.02. The lowest BCUT2D eigenvalue weighted by Crippen LogP contribution is -2.28. The third kappa shape index (κ3) is 5.13. The van der Waals surface area contributed by atoms with Crippen molar-refractivity contribution in [1.82, 2.24) is 0 Å². The SMILES string of the molecule is COc1ccc(CN2CCCc3ccccc32)c(OC)c1.c1ccc2c(c1)CCCN2. The fraction of sp³-hybridized carbons (Fsp3) is 0.333. The molecular weight excluding hydrogens is 384 g/mol. The number of ether oxygens (including phenoxy) is 2. The molecule has 1 N–H and O–H groups in total. The van der Waals surface area contributed by atoms with Crippen LogP contribution in [0.1, 0.15) is 29.5 Å². The lowest BCUT2D eigenvalue weighted by atomic mass is 10.0. The normalized spacial score (nSPS) is 14.3. The predicted octanol–water partition coefficient (Wildman–Crippen LogP) is 5.70. The van der Waals surface area contributed by atoms with Crippen molar-refractivity contribution < 1.29 is 9.47 Å². The van der Waals surface area contributed by atoms with Crippen LogP contribution in [-0.4, -0.2) is 27.3 Å². The molecule has 162 valence electrons. The number of aryl methyl sites for hydroxylation is 2. The molecule has 4 heteroatoms. The molecule has 0 fully saturated rings. The van der Waals surface area contributed by atoms with E-state index in [4.69, 9.17) is 9.47 Å². The number of nitrogens with one attached hydrogen (secondary N) is 1. The van der Waals surface area contributed by atoms with Gasteiger partial charge in [0.25, 0.3) is 0 Å². The molecule has 0 amide bonds. The highest BCUT2D eigenvalue weighted by Gasteiger charge is 2.18. The van der Waals surface area contributed by atoms with Crippen LogP contribution in [0.3, 0.4) is 0 Å². The van der Waals surface area contributed by atoms with Gasteiger partial charge in [0.15, 0.2) is 0 Å². The first-order valence-corrected chi connectivity index (χ1v) is 11.1. The van der Waals surface area contributed by atoms with Gasteiger partial charge < -0.3 is 19.7 Å². The molecule has 0 bridgehead atoms. The molecule has 0 aliphatic carbocycles. The van der Waals surface area contributed by atoms with Crippen molar-refractivity contribution in [2.75, 3.05) is 37.5 Å². The van der Waals surface area contributed by atoms with Gasteiger partial charge >= 0.3 is 0 Å². The van der Waals surface area contributed by atoms with Crippen molar-refractivity contribution in [3.8, 4) is 11.5 Å². The molecule has 31 heavy (non-hydrogen) atoms. The second kappa shape index (κ2) is 10.3. The first-order chi connectivity index (χ1) is 15.3. The van der Waals surface area contributed by atoms with E-state index in [1.165, 1.54) is 53.7 Å². The van der Waals surface area contributed by atoms with Gasteiger partial charge in [0.1, 0.15) is 11.5 Å². The molecule has 0 atom stereocenters. The van der Waals surface area contributed by atoms with Crippen molar-refractivity contribution in [3.05, 3.63) is 83.4 Å². The molecule has 2 heterocycles. The summed E-state index contributed by atoms with van der Waals surface area (Å²) in [5.74, 6) is 1.71. The Morgan fingerprint density at radius 2 is 1.61 bits per heavy atom. The maximum atomic E-state index is 5.51. The second-order valence-corrected chi connectivity index (χ2v) is 8.02. The summed E-state index contributed by atoms with van der Waals surface area (Å²) < 4.78 is 10.8. The topological polar surface area (TPSA) is 33.7 Å². The van der Waals surface area contributed by atoms with Gasteiger partial charge in [-0.3, -0.25) is 0 Å². The van der Waals surface area contributed by atoms with Gasteiger partial charge in [0.2, 0.25) is 0 Å². The summed E-state index contributed by atoms with van der Waals surface area (Å²) in [6.07, 6.45) is 4.89. The summed E-state index contributed by atoms with van der Waals surface area (Å²) in [7, 11) is 3.39. The monoisotopic (exact) mass is 416 g/mol. The number of hydrogen-bond acceptors (Lipinski definition) is 4. The molecule has 4 nitrogen and oxygen atoms in total. The van der Waals surface area contributed by atoms with Gasteiger partial charge in [-0.25, -0.2) is 0 Å². The second-order valence-electron chi connectivity index (χ2n) is 8.02. The van der Waals surface area contributed by atoms with Crippen LogP contribution in [-0.2, 0) is 19.4 Å². The van der Waals surface area contributed by atoms with Crippen LogP contribution >= 0.6 is 0 Å². The Bertz CT molecular complexity index is 977. The molecule has 0 spiro atoms. The van der Waals surface area contributed by atoms with Crippen molar-refractivity contribution in [1.29, 1.82) is 0 Å². The van der Waals surface area contributed by atoms with Crippen molar-refractivity contribution in [2.24, 2.45) is 0 Å². The maximum Gasteiger partial charge on any atom is 0.127 e. The summed E-state index contributed by atoms with van der Waals surface area (Å²) >= 11 is 0. The molecule has 3 aromatic rings. The minimum absolute atomic E-state index is 0.828. The maximum absolute atomic E-state index is 5.51. The van der Waals surface area contributed by atoms with E-state index in [2.05, 4.69) is 64.8 Å². The number of para-hydroxylation sites is 2. The van der Waals surface area contributed by atoms with E-state index in [1.807, 2.05) is 12.1 Å². The molecule has 0 unspecified atom stereocenters. The zero-order valence-corrected chi connectivity index (χ0v) is 18.6. The highest BCUT2D eigenvalue weighted by Crippen LogP contribution is 2.31. The van der Waals surface area contributed by atoms with Crippen LogP contribution in [0.2, 0.25) is 0 Å². The summed E-state index contributed by atoms with van der Waals surface area (Å²) in [5.41, 5.74) is 6.77. The van der Waals surface area contributed by atoms with Crippen molar-refractivity contribution in [2.45, 2.75) is 32.2 Å². The van der Waals surface area contributed by atoms with Gasteiger partial charge in [-0.1, -0.05) is 36.4 Å². The van der Waals surface area contributed by atoms with E-state index in [9.17, 15) is 0 Å². The number of rotatable bonds is 4. The van der Waals surface area contributed by atoms with E-state index >= 15 is 0 Å². The van der Waals surface area contributed by atoms with Gasteiger partial charge in [-0.2, -0.15) is 0 Å². The summed E-state index contributed by atoms with van der Waals surface area (Å²) in [6, 6.07) is 23.2. The Labute approximate surface area is 185 Å². The fourth-order valence-corrected chi connectivity index (χ4v) is 4.38. The Morgan fingerprint density at radius 3 is 2.42 bits per heavy atom. The van der Waals surface area contributed by atoms with E-state index in [1.54, 1.807) is 14.2 Å². The van der Waals surface area contributed by atoms with Gasteiger partial charge in [0, 0.05) is 42.6 Å². The van der Waals surface area contributed by atoms with E-state index < -0.39 is 0 Å². The Balaban J connectivity index is 0.000000192. The Hall–Kier alpha value is -3.14. The van der Waals surface area contributed by atoms with Crippen molar-refractivity contribution in [3.63, 3.8) is 0 Å². The minimum atomic E-state index is 0.828. The molecule has 5 rings (SSSR count). The first kappa shape index (κ1) is 21.1. The molecule has 0 radical (unpaired) electrons. The number of benzene rings is 3. The predicted molar refractivity (Wildman–Crippen MR) is 129 cm³/mol. The van der Waals surface area contributed by atoms with E-state index in [-0.39, 0.29) is 0 Å². The van der Waals surface area contributed by atoms with Crippen LogP contribution < -0.4 is 19.7 Å². The van der Waals surface area contributed by atoms with Crippen LogP contribution in [0, 0.1) is 0 Å². The molecule has 2 aliphatic rings. The summed E-state index contributed by atoms with van der Waals surface area (Å²) in [6.45, 7) is 3.09. The number of hydrogen-bond donors (Lipinski definition) is 1. The van der Waals surface area contributed by atoms with Crippen molar-refractivity contribution >= 4 is 11.4 Å². The number of nitrogens with zero attached hydrogens (tertiary/aromatic N) is 1. The summed E-state index contributed by atoms with van der Waals surface area (Å²) in [4.78, 5) is 2.43. The highest BCUT2D eigenvalue weighted by molar-refractivity contribution is 5.56. The van der Waals surface area contributed by atoms with Crippen LogP contribution in [0.15, 0.2) is 66.7 Å². The van der Waals surface area contributed by atoms with Gasteiger partial charge in [-0.15, -0.1) is 0 Å². The largest absolute Gasteiger partial charge is 0.497 e. The average molecular weight is 417 g/mol. The molecular formula is C27H32N2O2. The molecule has 2 aliphatic heterocycles. The minimum Gasteiger partial charge on any atom is -0.497 e. The number of anilines is 2. The third-order valence-electron chi connectivity index (χ3n) is 6.02. The highest BCUT2D eigenvalue weighted by atomic mass is 16.5. The fourth-order valence-electron chi connectivity index (χ4n) is 4.38. The molecule has 0 saturated carbocycles.